The zero-order valence-corrected chi connectivity index (χ0v) is 12.2. The smallest absolute Gasteiger partial charge is 0.222 e. The zero-order chi connectivity index (χ0) is 14.3. The Kier molecular flexibility index (Phi) is 6.84. The monoisotopic (exact) mass is 269 g/mol. The van der Waals surface area contributed by atoms with Crippen molar-refractivity contribution >= 4 is 11.8 Å². The fourth-order valence-corrected chi connectivity index (χ4v) is 2.54. The molecule has 1 atom stereocenters. The molecule has 1 aliphatic heterocycles. The zero-order valence-electron chi connectivity index (χ0n) is 12.2. The molecule has 0 spiro atoms. The molecule has 5 nitrogen and oxygen atoms in total. The van der Waals surface area contributed by atoms with Crippen LogP contribution in [0.2, 0.25) is 0 Å². The van der Waals surface area contributed by atoms with Crippen molar-refractivity contribution in [2.24, 2.45) is 11.7 Å². The minimum Gasteiger partial charge on any atom is -0.339 e. The third kappa shape index (κ3) is 5.19. The van der Waals surface area contributed by atoms with Crippen molar-refractivity contribution in [3.05, 3.63) is 0 Å². The van der Waals surface area contributed by atoms with Gasteiger partial charge in [-0.05, 0) is 25.3 Å². The summed E-state index contributed by atoms with van der Waals surface area (Å²) in [6.45, 7) is 7.05. The molecule has 1 aliphatic rings. The van der Waals surface area contributed by atoms with Gasteiger partial charge in [0.05, 0.1) is 0 Å². The maximum atomic E-state index is 12.1. The van der Waals surface area contributed by atoms with Crippen LogP contribution in [0.15, 0.2) is 0 Å². The van der Waals surface area contributed by atoms with Crippen LogP contribution in [0.3, 0.4) is 0 Å². The van der Waals surface area contributed by atoms with E-state index in [9.17, 15) is 9.59 Å². The molecule has 5 heteroatoms. The summed E-state index contributed by atoms with van der Waals surface area (Å²) in [5.74, 6) is 0.767. The van der Waals surface area contributed by atoms with Gasteiger partial charge in [0, 0.05) is 39.5 Å². The second-order valence-electron chi connectivity index (χ2n) is 5.32. The van der Waals surface area contributed by atoms with Gasteiger partial charge in [0.2, 0.25) is 11.8 Å². The Labute approximate surface area is 116 Å². The molecule has 0 saturated carbocycles. The molecule has 0 aromatic heterocycles. The van der Waals surface area contributed by atoms with Crippen LogP contribution in [0.5, 0.6) is 0 Å². The van der Waals surface area contributed by atoms with E-state index in [4.69, 9.17) is 5.73 Å². The quantitative estimate of drug-likeness (QED) is 0.777. The molecule has 1 unspecified atom stereocenters. The highest BCUT2D eigenvalue weighted by Crippen LogP contribution is 2.14. The molecular formula is C14H27N3O2. The topological polar surface area (TPSA) is 66.6 Å². The van der Waals surface area contributed by atoms with Gasteiger partial charge in [-0.25, -0.2) is 0 Å². The molecule has 1 fully saturated rings. The number of hydrogen-bond donors (Lipinski definition) is 1. The summed E-state index contributed by atoms with van der Waals surface area (Å²) in [7, 11) is 0. The van der Waals surface area contributed by atoms with E-state index >= 15 is 0 Å². The number of carbonyl (C=O) groups excluding carboxylic acids is 2. The number of hydrogen-bond acceptors (Lipinski definition) is 3. The summed E-state index contributed by atoms with van der Waals surface area (Å²) in [5.41, 5.74) is 5.71. The van der Waals surface area contributed by atoms with Gasteiger partial charge in [-0.1, -0.05) is 13.3 Å². The van der Waals surface area contributed by atoms with Gasteiger partial charge in [0.25, 0.3) is 0 Å². The average molecular weight is 269 g/mol. The van der Waals surface area contributed by atoms with Crippen molar-refractivity contribution in [1.82, 2.24) is 9.80 Å². The highest BCUT2D eigenvalue weighted by Gasteiger charge is 2.22. The first-order valence-electron chi connectivity index (χ1n) is 7.31. The Balaban J connectivity index is 2.29. The number of nitrogens with zero attached hydrogens (tertiary/aromatic N) is 2. The molecule has 2 N–H and O–H groups in total. The molecule has 0 aromatic rings. The van der Waals surface area contributed by atoms with Crippen LogP contribution in [0.25, 0.3) is 0 Å². The summed E-state index contributed by atoms with van der Waals surface area (Å²) in [6, 6.07) is 0. The predicted octanol–water partition coefficient (Wildman–Crippen LogP) is 0.832. The van der Waals surface area contributed by atoms with Gasteiger partial charge >= 0.3 is 0 Å². The highest BCUT2D eigenvalue weighted by atomic mass is 16.2. The lowest BCUT2D eigenvalue weighted by Crippen LogP contribution is -2.50. The first-order chi connectivity index (χ1) is 9.08. The van der Waals surface area contributed by atoms with Crippen LogP contribution in [-0.4, -0.2) is 54.3 Å². The lowest BCUT2D eigenvalue weighted by Gasteiger charge is -2.34. The molecule has 1 saturated heterocycles. The summed E-state index contributed by atoms with van der Waals surface area (Å²) >= 11 is 0. The Morgan fingerprint density at radius 2 is 1.68 bits per heavy atom. The summed E-state index contributed by atoms with van der Waals surface area (Å²) in [6.07, 6.45) is 3.69. The van der Waals surface area contributed by atoms with Crippen LogP contribution in [0, 0.1) is 5.92 Å². The molecule has 2 amide bonds. The van der Waals surface area contributed by atoms with Gasteiger partial charge in [0.15, 0.2) is 0 Å². The number of nitrogens with two attached hydrogens (primary N) is 1. The van der Waals surface area contributed by atoms with E-state index in [1.54, 1.807) is 11.8 Å². The van der Waals surface area contributed by atoms with Crippen molar-refractivity contribution in [3.8, 4) is 0 Å². The van der Waals surface area contributed by atoms with E-state index in [1.165, 1.54) is 0 Å². The SMILES string of the molecule is CCCC(CN)CCC(=O)N1CCN(C(C)=O)CC1. The van der Waals surface area contributed by atoms with Gasteiger partial charge in [0.1, 0.15) is 0 Å². The molecule has 19 heavy (non-hydrogen) atoms. The molecule has 1 heterocycles. The first-order valence-corrected chi connectivity index (χ1v) is 7.31. The average Bonchev–Trinajstić information content (AvgIpc) is 2.43. The van der Waals surface area contributed by atoms with Crippen LogP contribution in [0.4, 0.5) is 0 Å². The normalized spacial score (nSPS) is 17.4. The molecule has 0 bridgehead atoms. The maximum absolute atomic E-state index is 12.1. The van der Waals surface area contributed by atoms with Crippen molar-refractivity contribution < 1.29 is 9.59 Å². The lowest BCUT2D eigenvalue weighted by atomic mass is 9.98. The minimum absolute atomic E-state index is 0.0956. The van der Waals surface area contributed by atoms with Crippen molar-refractivity contribution in [3.63, 3.8) is 0 Å². The number of amides is 2. The summed E-state index contributed by atoms with van der Waals surface area (Å²) in [4.78, 5) is 27.0. The Morgan fingerprint density at radius 1 is 1.11 bits per heavy atom. The lowest BCUT2D eigenvalue weighted by molar-refractivity contribution is -0.138. The van der Waals surface area contributed by atoms with E-state index < -0.39 is 0 Å². The predicted molar refractivity (Wildman–Crippen MR) is 75.5 cm³/mol. The van der Waals surface area contributed by atoms with Crippen LogP contribution in [-0.2, 0) is 9.59 Å². The minimum atomic E-state index is 0.0956. The molecule has 0 aromatic carbocycles. The standard InChI is InChI=1S/C14H27N3O2/c1-3-4-13(11-15)5-6-14(19)17-9-7-16(8-10-17)12(2)18/h13H,3-11,15H2,1-2H3. The largest absolute Gasteiger partial charge is 0.339 e. The van der Waals surface area contributed by atoms with Crippen molar-refractivity contribution in [2.75, 3.05) is 32.7 Å². The molecular weight excluding hydrogens is 242 g/mol. The van der Waals surface area contributed by atoms with Crippen LogP contribution >= 0.6 is 0 Å². The highest BCUT2D eigenvalue weighted by molar-refractivity contribution is 5.77. The van der Waals surface area contributed by atoms with Gasteiger partial charge in [-0.3, -0.25) is 9.59 Å². The van der Waals surface area contributed by atoms with Gasteiger partial charge in [-0.2, -0.15) is 0 Å². The second kappa shape index (κ2) is 8.15. The van der Waals surface area contributed by atoms with Crippen molar-refractivity contribution in [2.45, 2.75) is 39.5 Å². The second-order valence-corrected chi connectivity index (χ2v) is 5.32. The summed E-state index contributed by atoms with van der Waals surface area (Å²) in [5, 5.41) is 0. The third-order valence-electron chi connectivity index (χ3n) is 3.87. The first kappa shape index (κ1) is 16.0. The molecule has 0 radical (unpaired) electrons. The molecule has 110 valence electrons. The number of rotatable bonds is 6. The van der Waals surface area contributed by atoms with Crippen molar-refractivity contribution in [1.29, 1.82) is 0 Å². The number of piperazine rings is 1. The number of carbonyl (C=O) groups is 2. The van der Waals surface area contributed by atoms with Crippen LogP contribution < -0.4 is 5.73 Å². The van der Waals surface area contributed by atoms with Gasteiger partial charge < -0.3 is 15.5 Å². The third-order valence-corrected chi connectivity index (χ3v) is 3.87. The van der Waals surface area contributed by atoms with E-state index in [-0.39, 0.29) is 11.8 Å². The Hall–Kier alpha value is -1.10. The van der Waals surface area contributed by atoms with Crippen LogP contribution in [0.1, 0.15) is 39.5 Å². The van der Waals surface area contributed by atoms with E-state index in [0.29, 0.717) is 45.1 Å². The Morgan fingerprint density at radius 3 is 2.16 bits per heavy atom. The molecule has 1 rings (SSSR count). The molecule has 0 aliphatic carbocycles. The fraction of sp³-hybridized carbons (Fsp3) is 0.857. The van der Waals surface area contributed by atoms with E-state index in [0.717, 1.165) is 19.3 Å². The Bertz CT molecular complexity index is 299. The van der Waals surface area contributed by atoms with E-state index in [2.05, 4.69) is 6.92 Å². The van der Waals surface area contributed by atoms with Gasteiger partial charge in [-0.15, -0.1) is 0 Å². The maximum Gasteiger partial charge on any atom is 0.222 e. The fourth-order valence-electron chi connectivity index (χ4n) is 2.54. The summed E-state index contributed by atoms with van der Waals surface area (Å²) < 4.78 is 0. The van der Waals surface area contributed by atoms with E-state index in [1.807, 2.05) is 4.90 Å².